The molecule has 0 radical (unpaired) electrons. The maximum absolute atomic E-state index is 8.89. The molecule has 0 aromatic rings. The summed E-state index contributed by atoms with van der Waals surface area (Å²) < 4.78 is 0. The molecule has 2 atom stereocenters. The van der Waals surface area contributed by atoms with E-state index in [1.54, 1.807) is 6.92 Å². The highest BCUT2D eigenvalue weighted by atomic mass is 16.3. The molecule has 2 heteroatoms. The van der Waals surface area contributed by atoms with Crippen LogP contribution in [0.4, 0.5) is 0 Å². The van der Waals surface area contributed by atoms with Crippen LogP contribution >= 0.6 is 0 Å². The van der Waals surface area contributed by atoms with Crippen molar-refractivity contribution in [2.24, 2.45) is 5.73 Å². The lowest BCUT2D eigenvalue weighted by molar-refractivity contribution is 0.164. The zero-order valence-electron chi connectivity index (χ0n) is 6.04. The van der Waals surface area contributed by atoms with Gasteiger partial charge in [-0.15, -0.1) is 0 Å². The Morgan fingerprint density at radius 3 is 2.56 bits per heavy atom. The van der Waals surface area contributed by atoms with Crippen LogP contribution in [0.1, 0.15) is 20.3 Å². The van der Waals surface area contributed by atoms with Crippen LogP contribution in [0.2, 0.25) is 0 Å². The highest BCUT2D eigenvalue weighted by molar-refractivity contribution is 4.83. The van der Waals surface area contributed by atoms with Gasteiger partial charge in [0.15, 0.2) is 0 Å². The molecule has 0 aromatic carbocycles. The summed E-state index contributed by atoms with van der Waals surface area (Å²) in [4.78, 5) is 0. The SMILES string of the molecule is C/C=C\CC(N)[C@@H](C)O. The summed E-state index contributed by atoms with van der Waals surface area (Å²) in [6, 6.07) is -0.110. The van der Waals surface area contributed by atoms with Gasteiger partial charge in [-0.25, -0.2) is 0 Å². The van der Waals surface area contributed by atoms with Crippen LogP contribution in [0, 0.1) is 0 Å². The molecular formula is C7H15NO. The molecule has 0 fully saturated rings. The van der Waals surface area contributed by atoms with Crippen molar-refractivity contribution in [3.63, 3.8) is 0 Å². The summed E-state index contributed by atoms with van der Waals surface area (Å²) in [6.07, 6.45) is 4.24. The number of hydrogen-bond donors (Lipinski definition) is 2. The van der Waals surface area contributed by atoms with Crippen LogP contribution in [0.3, 0.4) is 0 Å². The fraction of sp³-hybridized carbons (Fsp3) is 0.714. The molecule has 9 heavy (non-hydrogen) atoms. The fourth-order valence-corrected chi connectivity index (χ4v) is 0.490. The Hall–Kier alpha value is -0.340. The van der Waals surface area contributed by atoms with E-state index < -0.39 is 6.10 Å². The third kappa shape index (κ3) is 4.18. The standard InChI is InChI=1S/C7H15NO/c1-3-4-5-7(8)6(2)9/h3-4,6-7,9H,5,8H2,1-2H3/b4-3-/t6-,7?/m1/s1. The number of allylic oxidation sites excluding steroid dienone is 1. The lowest BCUT2D eigenvalue weighted by Gasteiger charge is -2.10. The van der Waals surface area contributed by atoms with Crippen LogP contribution in [-0.2, 0) is 0 Å². The summed E-state index contributed by atoms with van der Waals surface area (Å²) >= 11 is 0. The Balaban J connectivity index is 3.38. The van der Waals surface area contributed by atoms with Gasteiger partial charge in [-0.2, -0.15) is 0 Å². The lowest BCUT2D eigenvalue weighted by atomic mass is 10.1. The van der Waals surface area contributed by atoms with E-state index in [4.69, 9.17) is 10.8 Å². The predicted octanol–water partition coefficient (Wildman–Crippen LogP) is 0.661. The molecule has 0 aliphatic heterocycles. The van der Waals surface area contributed by atoms with Crippen LogP contribution < -0.4 is 5.73 Å². The summed E-state index contributed by atoms with van der Waals surface area (Å²) in [5, 5.41) is 8.89. The zero-order valence-corrected chi connectivity index (χ0v) is 6.04. The third-order valence-electron chi connectivity index (χ3n) is 1.26. The summed E-state index contributed by atoms with van der Waals surface area (Å²) in [5.74, 6) is 0. The third-order valence-corrected chi connectivity index (χ3v) is 1.26. The maximum atomic E-state index is 8.89. The van der Waals surface area contributed by atoms with Gasteiger partial charge in [-0.05, 0) is 20.3 Å². The molecule has 0 amide bonds. The van der Waals surface area contributed by atoms with Gasteiger partial charge >= 0.3 is 0 Å². The van der Waals surface area contributed by atoms with E-state index in [9.17, 15) is 0 Å². The van der Waals surface area contributed by atoms with E-state index in [-0.39, 0.29) is 6.04 Å². The molecule has 54 valence electrons. The Morgan fingerprint density at radius 1 is 1.67 bits per heavy atom. The second-order valence-electron chi connectivity index (χ2n) is 2.21. The van der Waals surface area contributed by atoms with Crippen molar-refractivity contribution in [2.75, 3.05) is 0 Å². The number of aliphatic hydroxyl groups is 1. The monoisotopic (exact) mass is 129 g/mol. The molecule has 0 saturated carbocycles. The molecular weight excluding hydrogens is 114 g/mol. The minimum absolute atomic E-state index is 0.110. The predicted molar refractivity (Wildman–Crippen MR) is 39.1 cm³/mol. The minimum atomic E-state index is -0.402. The molecule has 0 heterocycles. The van der Waals surface area contributed by atoms with Gasteiger partial charge < -0.3 is 10.8 Å². The number of aliphatic hydroxyl groups excluding tert-OH is 1. The van der Waals surface area contributed by atoms with E-state index in [2.05, 4.69) is 0 Å². The van der Waals surface area contributed by atoms with Crippen molar-refractivity contribution in [3.8, 4) is 0 Å². The Labute approximate surface area is 56.4 Å². The van der Waals surface area contributed by atoms with Crippen molar-refractivity contribution in [2.45, 2.75) is 32.4 Å². The van der Waals surface area contributed by atoms with Gasteiger partial charge in [0.2, 0.25) is 0 Å². The number of rotatable bonds is 3. The van der Waals surface area contributed by atoms with Gasteiger partial charge in [0.25, 0.3) is 0 Å². The van der Waals surface area contributed by atoms with E-state index in [0.717, 1.165) is 6.42 Å². The molecule has 0 bridgehead atoms. The van der Waals surface area contributed by atoms with Crippen molar-refractivity contribution < 1.29 is 5.11 Å². The average molecular weight is 129 g/mol. The largest absolute Gasteiger partial charge is 0.392 e. The Morgan fingerprint density at radius 2 is 2.22 bits per heavy atom. The summed E-state index contributed by atoms with van der Waals surface area (Å²) in [5.41, 5.74) is 5.50. The number of nitrogens with two attached hydrogens (primary N) is 1. The molecule has 0 rings (SSSR count). The van der Waals surface area contributed by atoms with E-state index >= 15 is 0 Å². The normalized spacial score (nSPS) is 18.2. The van der Waals surface area contributed by atoms with Crippen molar-refractivity contribution >= 4 is 0 Å². The minimum Gasteiger partial charge on any atom is -0.392 e. The van der Waals surface area contributed by atoms with Gasteiger partial charge in [-0.3, -0.25) is 0 Å². The van der Waals surface area contributed by atoms with Crippen LogP contribution in [0.25, 0.3) is 0 Å². The average Bonchev–Trinajstić information content (AvgIpc) is 1.82. The smallest absolute Gasteiger partial charge is 0.0666 e. The summed E-state index contributed by atoms with van der Waals surface area (Å²) in [6.45, 7) is 3.64. The highest BCUT2D eigenvalue weighted by Gasteiger charge is 2.04. The second-order valence-corrected chi connectivity index (χ2v) is 2.21. The fourth-order valence-electron chi connectivity index (χ4n) is 0.490. The molecule has 3 N–H and O–H groups in total. The first-order valence-electron chi connectivity index (χ1n) is 3.23. The first-order valence-corrected chi connectivity index (χ1v) is 3.23. The Bertz CT molecular complexity index is 88.9. The van der Waals surface area contributed by atoms with Crippen molar-refractivity contribution in [1.29, 1.82) is 0 Å². The lowest BCUT2D eigenvalue weighted by Crippen LogP contribution is -2.31. The topological polar surface area (TPSA) is 46.2 Å². The van der Waals surface area contributed by atoms with Gasteiger partial charge in [0, 0.05) is 6.04 Å². The second kappa shape index (κ2) is 4.53. The molecule has 0 saturated heterocycles. The van der Waals surface area contributed by atoms with E-state index in [0.29, 0.717) is 0 Å². The van der Waals surface area contributed by atoms with Gasteiger partial charge in [-0.1, -0.05) is 12.2 Å². The molecule has 1 unspecified atom stereocenters. The first kappa shape index (κ1) is 8.66. The van der Waals surface area contributed by atoms with Crippen LogP contribution in [-0.4, -0.2) is 17.3 Å². The highest BCUT2D eigenvalue weighted by Crippen LogP contribution is 1.95. The Kier molecular flexibility index (Phi) is 4.36. The maximum Gasteiger partial charge on any atom is 0.0666 e. The van der Waals surface area contributed by atoms with Crippen molar-refractivity contribution in [1.82, 2.24) is 0 Å². The molecule has 0 aromatic heterocycles. The first-order chi connectivity index (χ1) is 4.18. The number of hydrogen-bond acceptors (Lipinski definition) is 2. The van der Waals surface area contributed by atoms with Crippen molar-refractivity contribution in [3.05, 3.63) is 12.2 Å². The quantitative estimate of drug-likeness (QED) is 0.550. The molecule has 0 aliphatic carbocycles. The summed E-state index contributed by atoms with van der Waals surface area (Å²) in [7, 11) is 0. The van der Waals surface area contributed by atoms with E-state index in [1.165, 1.54) is 0 Å². The van der Waals surface area contributed by atoms with Crippen LogP contribution in [0.5, 0.6) is 0 Å². The molecule has 0 aliphatic rings. The zero-order chi connectivity index (χ0) is 7.28. The van der Waals surface area contributed by atoms with Gasteiger partial charge in [0.05, 0.1) is 6.10 Å². The molecule has 0 spiro atoms. The van der Waals surface area contributed by atoms with Gasteiger partial charge in [0.1, 0.15) is 0 Å². The van der Waals surface area contributed by atoms with Crippen LogP contribution in [0.15, 0.2) is 12.2 Å². The van der Waals surface area contributed by atoms with E-state index in [1.807, 2.05) is 19.1 Å². The molecule has 2 nitrogen and oxygen atoms in total.